The van der Waals surface area contributed by atoms with Gasteiger partial charge in [-0.05, 0) is 30.5 Å². The van der Waals surface area contributed by atoms with Crippen molar-refractivity contribution in [2.45, 2.75) is 71.8 Å². The number of nitrogens with zero attached hydrogens (tertiary/aromatic N) is 1. The molecular formula is C29H39NO4. The fraction of sp³-hybridized carbons (Fsp3) is 0.483. The highest BCUT2D eigenvalue weighted by atomic mass is 16.5. The van der Waals surface area contributed by atoms with E-state index in [1.165, 1.54) is 25.7 Å². The van der Waals surface area contributed by atoms with Crippen molar-refractivity contribution in [2.75, 3.05) is 13.2 Å². The van der Waals surface area contributed by atoms with Gasteiger partial charge in [0, 0.05) is 18.5 Å². The molecule has 5 nitrogen and oxygen atoms in total. The molecule has 0 amide bonds. The fourth-order valence-electron chi connectivity index (χ4n) is 3.97. The van der Waals surface area contributed by atoms with Gasteiger partial charge in [-0.2, -0.15) is 0 Å². The summed E-state index contributed by atoms with van der Waals surface area (Å²) in [6, 6.07) is 15.9. The Morgan fingerprint density at radius 1 is 0.735 bits per heavy atom. The summed E-state index contributed by atoms with van der Waals surface area (Å²) < 4.78 is 19.9. The summed E-state index contributed by atoms with van der Waals surface area (Å²) >= 11 is 0. The van der Waals surface area contributed by atoms with Gasteiger partial charge in [0.25, 0.3) is 5.56 Å². The lowest BCUT2D eigenvalue weighted by molar-refractivity contribution is 0.257. The van der Waals surface area contributed by atoms with E-state index in [4.69, 9.17) is 14.2 Å². The molecule has 3 rings (SSSR count). The topological polar surface area (TPSA) is 49.7 Å². The molecule has 0 saturated carbocycles. The molecule has 0 saturated heterocycles. The number of fused-ring (bicyclic) bond motifs is 1. The number of aryl methyl sites for hydroxylation is 1. The minimum atomic E-state index is -0.174. The summed E-state index contributed by atoms with van der Waals surface area (Å²) in [5.74, 6) is 1.59. The van der Waals surface area contributed by atoms with Crippen molar-refractivity contribution < 1.29 is 14.2 Å². The molecule has 0 radical (unpaired) electrons. The van der Waals surface area contributed by atoms with Gasteiger partial charge < -0.3 is 18.8 Å². The molecule has 2 aromatic carbocycles. The Morgan fingerprint density at radius 3 is 2.03 bits per heavy atom. The van der Waals surface area contributed by atoms with Gasteiger partial charge in [0.2, 0.25) is 5.75 Å². The highest BCUT2D eigenvalue weighted by molar-refractivity contribution is 5.89. The number of ether oxygens (including phenoxy) is 3. The maximum absolute atomic E-state index is 13.3. The predicted octanol–water partition coefficient (Wildman–Crippen LogP) is 7.04. The molecular weight excluding hydrogens is 426 g/mol. The summed E-state index contributed by atoms with van der Waals surface area (Å²) in [5.41, 5.74) is 1.70. The molecule has 34 heavy (non-hydrogen) atoms. The van der Waals surface area contributed by atoms with Gasteiger partial charge in [-0.3, -0.25) is 4.79 Å². The number of pyridine rings is 1. The van der Waals surface area contributed by atoms with E-state index in [1.807, 2.05) is 48.5 Å². The zero-order valence-corrected chi connectivity index (χ0v) is 21.0. The third-order valence-corrected chi connectivity index (χ3v) is 6.02. The Kier molecular flexibility index (Phi) is 10.3. The Labute approximate surface area is 203 Å². The highest BCUT2D eigenvalue weighted by Crippen LogP contribution is 2.35. The number of benzene rings is 2. The van der Waals surface area contributed by atoms with Crippen molar-refractivity contribution in [3.63, 3.8) is 0 Å². The maximum Gasteiger partial charge on any atom is 0.297 e. The smallest absolute Gasteiger partial charge is 0.297 e. The molecule has 3 aromatic rings. The summed E-state index contributed by atoms with van der Waals surface area (Å²) in [4.78, 5) is 13.3. The van der Waals surface area contributed by atoms with E-state index in [1.54, 1.807) is 11.6 Å². The van der Waals surface area contributed by atoms with E-state index in [2.05, 4.69) is 13.8 Å². The molecule has 0 bridgehead atoms. The van der Waals surface area contributed by atoms with Crippen LogP contribution in [0.5, 0.6) is 17.2 Å². The van der Waals surface area contributed by atoms with Gasteiger partial charge in [0.05, 0.1) is 18.7 Å². The van der Waals surface area contributed by atoms with Crippen molar-refractivity contribution >= 4 is 10.9 Å². The van der Waals surface area contributed by atoms with Crippen LogP contribution in [0.25, 0.3) is 10.9 Å². The van der Waals surface area contributed by atoms with Crippen LogP contribution in [-0.2, 0) is 13.7 Å². The number of rotatable bonds is 15. The quantitative estimate of drug-likeness (QED) is 0.226. The second-order valence-corrected chi connectivity index (χ2v) is 8.79. The van der Waals surface area contributed by atoms with E-state index in [0.29, 0.717) is 37.1 Å². The molecule has 1 heterocycles. The normalized spacial score (nSPS) is 11.0. The van der Waals surface area contributed by atoms with Crippen LogP contribution in [0.3, 0.4) is 0 Å². The van der Waals surface area contributed by atoms with Crippen molar-refractivity contribution in [3.8, 4) is 17.2 Å². The zero-order chi connectivity index (χ0) is 24.2. The van der Waals surface area contributed by atoms with Crippen LogP contribution in [0, 0.1) is 0 Å². The fourth-order valence-corrected chi connectivity index (χ4v) is 3.97. The third kappa shape index (κ3) is 7.02. The molecule has 0 N–H and O–H groups in total. The Balaban J connectivity index is 1.86. The van der Waals surface area contributed by atoms with Gasteiger partial charge in [0.15, 0.2) is 5.75 Å². The Bertz CT molecular complexity index is 1070. The van der Waals surface area contributed by atoms with Crippen LogP contribution in [0.2, 0.25) is 0 Å². The van der Waals surface area contributed by atoms with E-state index in [9.17, 15) is 4.79 Å². The van der Waals surface area contributed by atoms with Crippen LogP contribution in [-0.4, -0.2) is 17.8 Å². The third-order valence-electron chi connectivity index (χ3n) is 6.02. The monoisotopic (exact) mass is 465 g/mol. The minimum Gasteiger partial charge on any atom is -0.489 e. The first-order valence-corrected chi connectivity index (χ1v) is 12.7. The van der Waals surface area contributed by atoms with Crippen LogP contribution >= 0.6 is 0 Å². The van der Waals surface area contributed by atoms with E-state index < -0.39 is 0 Å². The average Bonchev–Trinajstić information content (AvgIpc) is 2.87. The minimum absolute atomic E-state index is 0.174. The second kappa shape index (κ2) is 13.7. The van der Waals surface area contributed by atoms with E-state index in [-0.39, 0.29) is 5.56 Å². The molecule has 0 fully saturated rings. The van der Waals surface area contributed by atoms with Gasteiger partial charge in [-0.25, -0.2) is 0 Å². The van der Waals surface area contributed by atoms with Crippen molar-refractivity contribution in [3.05, 3.63) is 64.4 Å². The van der Waals surface area contributed by atoms with Crippen LogP contribution < -0.4 is 19.8 Å². The number of aromatic nitrogens is 1. The molecule has 184 valence electrons. The first-order valence-electron chi connectivity index (χ1n) is 12.7. The summed E-state index contributed by atoms with van der Waals surface area (Å²) in [6.07, 6.45) is 8.79. The molecule has 0 aliphatic carbocycles. The lowest BCUT2D eigenvalue weighted by Gasteiger charge is -2.18. The van der Waals surface area contributed by atoms with Crippen molar-refractivity contribution in [1.82, 2.24) is 4.57 Å². The van der Waals surface area contributed by atoms with Gasteiger partial charge >= 0.3 is 0 Å². The largest absolute Gasteiger partial charge is 0.489 e. The van der Waals surface area contributed by atoms with Crippen molar-refractivity contribution in [1.29, 1.82) is 0 Å². The van der Waals surface area contributed by atoms with E-state index >= 15 is 0 Å². The lowest BCUT2D eigenvalue weighted by atomic mass is 10.1. The number of hydrogen-bond donors (Lipinski definition) is 0. The molecule has 0 spiro atoms. The van der Waals surface area contributed by atoms with Gasteiger partial charge in [-0.15, -0.1) is 0 Å². The Hall–Kier alpha value is -2.95. The number of hydrogen-bond acceptors (Lipinski definition) is 4. The highest BCUT2D eigenvalue weighted by Gasteiger charge is 2.19. The van der Waals surface area contributed by atoms with E-state index in [0.717, 1.165) is 42.1 Å². The Morgan fingerprint density at radius 2 is 1.38 bits per heavy atom. The average molecular weight is 466 g/mol. The standard InChI is InChI=1S/C29H39NO4/c1-4-6-8-13-19-32-27-25-18-17-24(34-22-23-15-11-10-12-16-23)21-26(25)30(3)29(31)28(27)33-20-14-9-7-5-2/h10-12,15-18,21H,4-9,13-14,19-20,22H2,1-3H3. The molecule has 0 aliphatic rings. The summed E-state index contributed by atoms with van der Waals surface area (Å²) in [6.45, 7) is 5.94. The first-order chi connectivity index (χ1) is 16.7. The van der Waals surface area contributed by atoms with Gasteiger partial charge in [0.1, 0.15) is 12.4 Å². The maximum atomic E-state index is 13.3. The first kappa shape index (κ1) is 25.7. The predicted molar refractivity (Wildman–Crippen MR) is 139 cm³/mol. The summed E-state index contributed by atoms with van der Waals surface area (Å²) in [7, 11) is 1.78. The second-order valence-electron chi connectivity index (χ2n) is 8.79. The molecule has 0 atom stereocenters. The molecule has 5 heteroatoms. The van der Waals surface area contributed by atoms with Crippen LogP contribution in [0.4, 0.5) is 0 Å². The lowest BCUT2D eigenvalue weighted by Crippen LogP contribution is -2.21. The molecule has 0 unspecified atom stereocenters. The molecule has 0 aliphatic heterocycles. The summed E-state index contributed by atoms with van der Waals surface area (Å²) in [5, 5.41) is 0.869. The van der Waals surface area contributed by atoms with Crippen molar-refractivity contribution in [2.24, 2.45) is 7.05 Å². The van der Waals surface area contributed by atoms with Gasteiger partial charge in [-0.1, -0.05) is 82.7 Å². The van der Waals surface area contributed by atoms with Crippen LogP contribution in [0.15, 0.2) is 53.3 Å². The van der Waals surface area contributed by atoms with Crippen LogP contribution in [0.1, 0.15) is 70.8 Å². The molecule has 1 aromatic heterocycles. The number of unbranched alkanes of at least 4 members (excludes halogenated alkanes) is 6. The zero-order valence-electron chi connectivity index (χ0n) is 21.0. The SMILES string of the molecule is CCCCCCOc1c(OCCCCCC)c2ccc(OCc3ccccc3)cc2n(C)c1=O.